The first kappa shape index (κ1) is 32.6. The van der Waals surface area contributed by atoms with Crippen LogP contribution in [-0.4, -0.2) is 9.97 Å². The molecule has 0 fully saturated rings. The first-order valence-electron chi connectivity index (χ1n) is 19.9. The lowest BCUT2D eigenvalue weighted by atomic mass is 9.84. The van der Waals surface area contributed by atoms with Crippen molar-refractivity contribution in [3.05, 3.63) is 206 Å². The Labute approximate surface area is 335 Å². The molecule has 0 N–H and O–H groups in total. The average molecular weight is 735 g/mol. The molecule has 58 heavy (non-hydrogen) atoms. The van der Waals surface area contributed by atoms with E-state index in [9.17, 15) is 0 Å². The van der Waals surface area contributed by atoms with Crippen LogP contribution >= 0.6 is 0 Å². The maximum Gasteiger partial charge on any atom is 0.0978 e. The van der Waals surface area contributed by atoms with Crippen LogP contribution in [0.25, 0.3) is 120 Å². The lowest BCUT2D eigenvalue weighted by Gasteiger charge is -2.20. The number of benzene rings is 10. The number of hydrogen-bond donors (Lipinski definition) is 0. The van der Waals surface area contributed by atoms with Crippen LogP contribution in [0, 0.1) is 0 Å². The lowest BCUT2D eigenvalue weighted by Crippen LogP contribution is -1.94. The monoisotopic (exact) mass is 734 g/mol. The molecule has 0 atom stereocenters. The minimum absolute atomic E-state index is 0.910. The Morgan fingerprint density at radius 1 is 0.259 bits per heavy atom. The smallest absolute Gasteiger partial charge is 0.0978 e. The highest BCUT2D eigenvalue weighted by molar-refractivity contribution is 6.24. The van der Waals surface area contributed by atoms with Crippen molar-refractivity contribution in [1.82, 2.24) is 9.97 Å². The third-order valence-corrected chi connectivity index (χ3v) is 12.0. The summed E-state index contributed by atoms with van der Waals surface area (Å²) < 4.78 is 0. The van der Waals surface area contributed by atoms with Crippen molar-refractivity contribution in [1.29, 1.82) is 0 Å². The number of para-hydroxylation sites is 1. The predicted octanol–water partition coefficient (Wildman–Crippen LogP) is 15.2. The fourth-order valence-corrected chi connectivity index (χ4v) is 9.42. The molecule has 2 heteroatoms. The van der Waals surface area contributed by atoms with E-state index in [0.29, 0.717) is 0 Å². The maximum absolute atomic E-state index is 5.47. The van der Waals surface area contributed by atoms with Crippen LogP contribution < -0.4 is 0 Å². The van der Waals surface area contributed by atoms with E-state index in [1.165, 1.54) is 76.5 Å². The van der Waals surface area contributed by atoms with Crippen molar-refractivity contribution in [2.75, 3.05) is 0 Å². The molecule has 0 aliphatic heterocycles. The molecule has 0 bridgehead atoms. The number of hydrogen-bond acceptors (Lipinski definition) is 2. The Balaban J connectivity index is 1.09. The van der Waals surface area contributed by atoms with Gasteiger partial charge >= 0.3 is 0 Å². The second kappa shape index (κ2) is 12.9. The highest BCUT2D eigenvalue weighted by Crippen LogP contribution is 2.47. The molecule has 12 rings (SSSR count). The van der Waals surface area contributed by atoms with Gasteiger partial charge in [-0.1, -0.05) is 188 Å². The van der Waals surface area contributed by atoms with E-state index < -0.39 is 0 Å². The Kier molecular flexibility index (Phi) is 7.26. The van der Waals surface area contributed by atoms with E-state index in [1.807, 2.05) is 0 Å². The van der Waals surface area contributed by atoms with E-state index >= 15 is 0 Å². The third-order valence-electron chi connectivity index (χ3n) is 12.0. The molecule has 2 nitrogen and oxygen atoms in total. The zero-order chi connectivity index (χ0) is 38.2. The van der Waals surface area contributed by atoms with E-state index in [2.05, 4.69) is 206 Å². The van der Waals surface area contributed by atoms with Crippen LogP contribution in [0.15, 0.2) is 206 Å². The molecule has 0 radical (unpaired) electrons. The maximum atomic E-state index is 5.47. The summed E-state index contributed by atoms with van der Waals surface area (Å²) in [4.78, 5) is 10.8. The molecule has 0 aliphatic carbocycles. The van der Waals surface area contributed by atoms with Crippen LogP contribution in [0.3, 0.4) is 0 Å². The van der Waals surface area contributed by atoms with Crippen molar-refractivity contribution in [2.24, 2.45) is 0 Å². The number of nitrogens with zero attached hydrogens (tertiary/aromatic N) is 2. The first-order chi connectivity index (χ1) is 28.8. The molecular weight excluding hydrogens is 701 g/mol. The Morgan fingerprint density at radius 2 is 0.793 bits per heavy atom. The molecule has 10 aromatic carbocycles. The highest BCUT2D eigenvalue weighted by Gasteiger charge is 2.20. The Morgan fingerprint density at radius 3 is 1.53 bits per heavy atom. The summed E-state index contributed by atoms with van der Waals surface area (Å²) in [7, 11) is 0. The summed E-state index contributed by atoms with van der Waals surface area (Å²) in [5.74, 6) is 0. The topological polar surface area (TPSA) is 25.8 Å². The highest BCUT2D eigenvalue weighted by atomic mass is 14.8. The molecule has 0 spiro atoms. The first-order valence-corrected chi connectivity index (χ1v) is 19.9. The molecule has 0 unspecified atom stereocenters. The minimum atomic E-state index is 0.910. The van der Waals surface area contributed by atoms with Gasteiger partial charge in [0.2, 0.25) is 0 Å². The number of aromatic nitrogens is 2. The van der Waals surface area contributed by atoms with Gasteiger partial charge in [-0.05, 0) is 89.1 Å². The SMILES string of the molecule is c1ccc(-c2c3ccccc3nc3c2ccc2ccc(-c4ccc(-c5c6ccccc6c(-c6ccc7ccccc7c6)c6ccccc56)c5ccccc45)nc23)cc1. The molecular formula is C56H34N2. The zero-order valence-corrected chi connectivity index (χ0v) is 31.5. The van der Waals surface area contributed by atoms with E-state index in [4.69, 9.17) is 9.97 Å². The van der Waals surface area contributed by atoms with E-state index in [-0.39, 0.29) is 0 Å². The fraction of sp³-hybridized carbons (Fsp3) is 0. The number of pyridine rings is 2. The molecule has 2 heterocycles. The van der Waals surface area contributed by atoms with Gasteiger partial charge in [-0.3, -0.25) is 0 Å². The van der Waals surface area contributed by atoms with Crippen molar-refractivity contribution in [3.8, 4) is 44.6 Å². The second-order valence-corrected chi connectivity index (χ2v) is 15.2. The van der Waals surface area contributed by atoms with Gasteiger partial charge in [0.05, 0.1) is 22.2 Å². The summed E-state index contributed by atoms with van der Waals surface area (Å²) in [5, 5.41) is 13.2. The number of fused-ring (bicyclic) bond motifs is 8. The van der Waals surface area contributed by atoms with Crippen molar-refractivity contribution >= 4 is 75.8 Å². The molecule has 0 saturated heterocycles. The van der Waals surface area contributed by atoms with Gasteiger partial charge in [0.15, 0.2) is 0 Å². The largest absolute Gasteiger partial charge is 0.245 e. The van der Waals surface area contributed by atoms with Crippen LogP contribution in [0.1, 0.15) is 0 Å². The van der Waals surface area contributed by atoms with Crippen LogP contribution in [0.2, 0.25) is 0 Å². The van der Waals surface area contributed by atoms with Crippen LogP contribution in [-0.2, 0) is 0 Å². The van der Waals surface area contributed by atoms with Gasteiger partial charge in [-0.2, -0.15) is 0 Å². The van der Waals surface area contributed by atoms with Crippen LogP contribution in [0.5, 0.6) is 0 Å². The second-order valence-electron chi connectivity index (χ2n) is 15.2. The molecule has 0 aliphatic rings. The van der Waals surface area contributed by atoms with Gasteiger partial charge in [0.1, 0.15) is 0 Å². The predicted molar refractivity (Wildman–Crippen MR) is 246 cm³/mol. The molecule has 12 aromatic rings. The van der Waals surface area contributed by atoms with Crippen LogP contribution in [0.4, 0.5) is 0 Å². The Bertz CT molecular complexity index is 3570. The summed E-state index contributed by atoms with van der Waals surface area (Å²) in [6.45, 7) is 0. The van der Waals surface area contributed by atoms with Crippen molar-refractivity contribution in [2.45, 2.75) is 0 Å². The quantitative estimate of drug-likeness (QED) is 0.133. The minimum Gasteiger partial charge on any atom is -0.245 e. The standard InChI is InChI=1S/C56H34N2/c1-2-15-36(16-3-1)52-48-24-12-13-25-50(48)58-56-49(52)30-28-37-29-33-51(57-55(37)56)42-31-32-47(41-19-7-6-18-40(41)42)54-45-22-10-8-20-43(45)53(44-21-9-11-23-46(44)54)39-27-26-35-14-4-5-17-38(35)34-39/h1-34H. The third kappa shape index (κ3) is 4.99. The van der Waals surface area contributed by atoms with Gasteiger partial charge in [0.25, 0.3) is 0 Å². The van der Waals surface area contributed by atoms with Gasteiger partial charge in [0, 0.05) is 27.3 Å². The molecule has 0 saturated carbocycles. The summed E-state index contributed by atoms with van der Waals surface area (Å²) >= 11 is 0. The normalized spacial score (nSPS) is 11.8. The fourth-order valence-electron chi connectivity index (χ4n) is 9.42. The summed E-state index contributed by atoms with van der Waals surface area (Å²) in [6.07, 6.45) is 0. The average Bonchev–Trinajstić information content (AvgIpc) is 3.29. The molecule has 2 aromatic heterocycles. The van der Waals surface area contributed by atoms with E-state index in [0.717, 1.165) is 44.0 Å². The Hall–Kier alpha value is -7.68. The van der Waals surface area contributed by atoms with E-state index in [1.54, 1.807) is 0 Å². The summed E-state index contributed by atoms with van der Waals surface area (Å²) in [5.41, 5.74) is 12.2. The van der Waals surface area contributed by atoms with Gasteiger partial charge < -0.3 is 0 Å². The van der Waals surface area contributed by atoms with Gasteiger partial charge in [-0.25, -0.2) is 9.97 Å². The van der Waals surface area contributed by atoms with Gasteiger partial charge in [-0.15, -0.1) is 0 Å². The lowest BCUT2D eigenvalue weighted by molar-refractivity contribution is 1.40. The van der Waals surface area contributed by atoms with Crippen molar-refractivity contribution in [3.63, 3.8) is 0 Å². The number of rotatable bonds is 4. The van der Waals surface area contributed by atoms with Crippen molar-refractivity contribution < 1.29 is 0 Å². The molecule has 0 amide bonds. The zero-order valence-electron chi connectivity index (χ0n) is 31.5. The summed E-state index contributed by atoms with van der Waals surface area (Å²) in [6, 6.07) is 74.6. The molecule has 268 valence electrons.